The smallest absolute Gasteiger partial charge is 0.406 e. The Morgan fingerprint density at radius 3 is 2.64 bits per heavy atom. The fourth-order valence-corrected chi connectivity index (χ4v) is 5.70. The number of alkyl halides is 3. The van der Waals surface area contributed by atoms with Crippen molar-refractivity contribution in [1.82, 2.24) is 20.1 Å². The second kappa shape index (κ2) is 14.0. The summed E-state index contributed by atoms with van der Waals surface area (Å²) in [5.41, 5.74) is 5.18. The van der Waals surface area contributed by atoms with E-state index in [1.165, 1.54) is 47.0 Å². The molecule has 2 heterocycles. The first-order valence-electron chi connectivity index (χ1n) is 14.4. The average Bonchev–Trinajstić information content (AvgIpc) is 3.63. The van der Waals surface area contributed by atoms with E-state index in [0.717, 1.165) is 40.8 Å². The van der Waals surface area contributed by atoms with Gasteiger partial charge in [-0.2, -0.15) is 4.99 Å². The van der Waals surface area contributed by atoms with E-state index in [-0.39, 0.29) is 17.4 Å². The number of carbonyl (C=O) groups is 2. The van der Waals surface area contributed by atoms with Crippen LogP contribution in [0.4, 0.5) is 23.7 Å². The lowest BCUT2D eigenvalue weighted by atomic mass is 10.0. The summed E-state index contributed by atoms with van der Waals surface area (Å²) in [6.07, 6.45) is -0.189. The highest BCUT2D eigenvalue weighted by Gasteiger charge is 2.32. The van der Waals surface area contributed by atoms with Crippen molar-refractivity contribution in [2.75, 3.05) is 17.2 Å². The van der Waals surface area contributed by atoms with Crippen LogP contribution in [0, 0.1) is 6.92 Å². The third-order valence-corrected chi connectivity index (χ3v) is 7.82. The minimum Gasteiger partial charge on any atom is -0.406 e. The molecule has 1 fully saturated rings. The van der Waals surface area contributed by atoms with Crippen LogP contribution in [0.15, 0.2) is 78.0 Å². The molecule has 9 nitrogen and oxygen atoms in total. The molecule has 1 aliphatic heterocycles. The van der Waals surface area contributed by atoms with Crippen LogP contribution in [-0.4, -0.2) is 50.5 Å². The number of nitrogens with zero attached hydrogens (tertiary/aromatic N) is 5. The van der Waals surface area contributed by atoms with Gasteiger partial charge >= 0.3 is 12.4 Å². The number of aliphatic imine (C=N–C) groups is 1. The van der Waals surface area contributed by atoms with Gasteiger partial charge in [0.15, 0.2) is 11.0 Å². The first-order chi connectivity index (χ1) is 21.6. The van der Waals surface area contributed by atoms with Crippen LogP contribution < -0.4 is 15.0 Å². The van der Waals surface area contributed by atoms with Gasteiger partial charge in [-0.1, -0.05) is 55.4 Å². The zero-order chi connectivity index (χ0) is 32.0. The van der Waals surface area contributed by atoms with Crippen molar-refractivity contribution in [3.63, 3.8) is 0 Å². The van der Waals surface area contributed by atoms with E-state index in [4.69, 9.17) is 0 Å². The molecule has 1 aliphatic rings. The summed E-state index contributed by atoms with van der Waals surface area (Å²) in [6, 6.07) is 18.5. The Morgan fingerprint density at radius 2 is 1.89 bits per heavy atom. The van der Waals surface area contributed by atoms with Gasteiger partial charge in [0.05, 0.1) is 17.1 Å². The molecule has 4 aromatic rings. The van der Waals surface area contributed by atoms with Gasteiger partial charge in [0.2, 0.25) is 5.91 Å². The second-order valence-electron chi connectivity index (χ2n) is 10.4. The molecule has 3 amide bonds. The summed E-state index contributed by atoms with van der Waals surface area (Å²) in [4.78, 5) is 35.6. The van der Waals surface area contributed by atoms with E-state index in [1.54, 1.807) is 4.90 Å². The summed E-state index contributed by atoms with van der Waals surface area (Å²) < 4.78 is 42.7. The van der Waals surface area contributed by atoms with Crippen molar-refractivity contribution in [1.29, 1.82) is 0 Å². The Kier molecular flexibility index (Phi) is 9.87. The van der Waals surface area contributed by atoms with E-state index in [0.29, 0.717) is 36.1 Å². The lowest BCUT2D eigenvalue weighted by Crippen LogP contribution is -2.32. The van der Waals surface area contributed by atoms with E-state index < -0.39 is 12.4 Å². The van der Waals surface area contributed by atoms with E-state index in [2.05, 4.69) is 32.1 Å². The molecule has 0 aliphatic carbocycles. The van der Waals surface area contributed by atoms with Gasteiger partial charge in [-0.3, -0.25) is 9.69 Å². The number of aryl methyl sites for hydroxylation is 3. The Balaban J connectivity index is 1.16. The number of amidine groups is 1. The van der Waals surface area contributed by atoms with Crippen LogP contribution in [0.3, 0.4) is 0 Å². The predicted octanol–water partition coefficient (Wildman–Crippen LogP) is 6.87. The minimum atomic E-state index is -4.76. The molecule has 13 heteroatoms. The van der Waals surface area contributed by atoms with Crippen LogP contribution in [0.2, 0.25) is 0 Å². The number of nitrogens with one attached hydrogen (secondary N) is 1. The summed E-state index contributed by atoms with van der Waals surface area (Å²) in [5, 5.41) is 7.66. The highest BCUT2D eigenvalue weighted by Crippen LogP contribution is 2.31. The fourth-order valence-electron chi connectivity index (χ4n) is 4.84. The Morgan fingerprint density at radius 1 is 1.09 bits per heavy atom. The van der Waals surface area contributed by atoms with Crippen LogP contribution in [0.1, 0.15) is 36.5 Å². The summed E-state index contributed by atoms with van der Waals surface area (Å²) in [5.74, 6) is 0.279. The van der Waals surface area contributed by atoms with Gasteiger partial charge in [-0.05, 0) is 79.3 Å². The molecule has 1 N–H and O–H groups in total. The molecule has 0 radical (unpaired) electrons. The third-order valence-electron chi connectivity index (χ3n) is 6.89. The molecule has 0 atom stereocenters. The first-order valence-corrected chi connectivity index (χ1v) is 15.4. The zero-order valence-electron chi connectivity index (χ0n) is 24.7. The monoisotopic (exact) mass is 636 g/mol. The highest BCUT2D eigenvalue weighted by atomic mass is 32.2. The molecular weight excluding hydrogens is 605 g/mol. The number of benzene rings is 3. The molecule has 234 valence electrons. The Labute approximate surface area is 262 Å². The average molecular weight is 637 g/mol. The molecule has 45 heavy (non-hydrogen) atoms. The number of amides is 3. The number of carbonyl (C=O) groups excluding carboxylic acids is 2. The van der Waals surface area contributed by atoms with Crippen molar-refractivity contribution >= 4 is 34.6 Å². The molecule has 3 aromatic carbocycles. The van der Waals surface area contributed by atoms with E-state index in [9.17, 15) is 22.8 Å². The summed E-state index contributed by atoms with van der Waals surface area (Å²) in [6.45, 7) is 4.45. The van der Waals surface area contributed by atoms with Crippen molar-refractivity contribution < 1.29 is 27.5 Å². The maximum absolute atomic E-state index is 12.8. The number of thioether (sulfide) groups is 1. The lowest BCUT2D eigenvalue weighted by Gasteiger charge is -2.20. The molecule has 1 saturated heterocycles. The number of hydrogen-bond donors (Lipinski definition) is 1. The number of ether oxygens (including phenoxy) is 1. The second-order valence-corrected chi connectivity index (χ2v) is 11.3. The van der Waals surface area contributed by atoms with Crippen molar-refractivity contribution in [3.8, 4) is 22.8 Å². The van der Waals surface area contributed by atoms with Crippen molar-refractivity contribution in [2.45, 2.75) is 45.9 Å². The number of anilines is 1. The Hall–Kier alpha value is -4.65. The van der Waals surface area contributed by atoms with E-state index in [1.807, 2.05) is 49.4 Å². The molecular formula is C32H31F3N6O3S. The van der Waals surface area contributed by atoms with Crippen molar-refractivity contribution in [2.24, 2.45) is 4.99 Å². The van der Waals surface area contributed by atoms with Crippen LogP contribution in [0.25, 0.3) is 17.1 Å². The largest absolute Gasteiger partial charge is 0.573 e. The maximum Gasteiger partial charge on any atom is 0.573 e. The quantitative estimate of drug-likeness (QED) is 0.191. The van der Waals surface area contributed by atoms with Gasteiger partial charge in [-0.15, -0.1) is 18.3 Å². The predicted molar refractivity (Wildman–Crippen MR) is 168 cm³/mol. The van der Waals surface area contributed by atoms with Gasteiger partial charge < -0.3 is 10.1 Å². The summed E-state index contributed by atoms with van der Waals surface area (Å²) in [7, 11) is 0. The van der Waals surface area contributed by atoms with Gasteiger partial charge in [0, 0.05) is 12.1 Å². The molecule has 0 saturated carbocycles. The number of urea groups is 1. The normalized spacial score (nSPS) is 14.3. The van der Waals surface area contributed by atoms with Crippen molar-refractivity contribution in [3.05, 3.63) is 89.7 Å². The van der Waals surface area contributed by atoms with Crippen LogP contribution >= 0.6 is 11.8 Å². The maximum atomic E-state index is 12.8. The first kappa shape index (κ1) is 31.8. The molecule has 1 aromatic heterocycles. The number of rotatable bonds is 10. The van der Waals surface area contributed by atoms with Gasteiger partial charge in [0.25, 0.3) is 0 Å². The summed E-state index contributed by atoms with van der Waals surface area (Å²) >= 11 is 1.26. The molecule has 0 bridgehead atoms. The SMILES string of the molecule is CCCc1ccc(C)cc1N1C(=O)CSC1=NC(=O)NCCCc1cccc(-c2ncn(-c3ccc(OC(F)(F)F)cc3)n2)c1. The third kappa shape index (κ3) is 8.29. The van der Waals surface area contributed by atoms with Gasteiger partial charge in [-0.25, -0.2) is 14.5 Å². The standard InChI is InChI=1S/C32H31F3N6O3S/c1-3-6-23-11-10-21(2)17-27(23)41-28(42)19-45-31(41)38-30(43)36-16-5-8-22-7-4-9-24(18-22)29-37-20-40(39-29)25-12-14-26(15-13-25)44-32(33,34)35/h4,7,9-15,17-18,20H,3,5-6,8,16,19H2,1-2H3,(H,36,43). The number of aromatic nitrogens is 3. The fraction of sp³-hybridized carbons (Fsp3) is 0.281. The van der Waals surface area contributed by atoms with Crippen LogP contribution in [0.5, 0.6) is 5.75 Å². The molecule has 5 rings (SSSR count). The number of halogens is 3. The highest BCUT2D eigenvalue weighted by molar-refractivity contribution is 8.15. The zero-order valence-corrected chi connectivity index (χ0v) is 25.5. The molecule has 0 unspecified atom stereocenters. The lowest BCUT2D eigenvalue weighted by molar-refractivity contribution is -0.274. The van der Waals surface area contributed by atoms with E-state index >= 15 is 0 Å². The Bertz CT molecular complexity index is 1700. The minimum absolute atomic E-state index is 0.0952. The number of hydrogen-bond acceptors (Lipinski definition) is 6. The topological polar surface area (TPSA) is 102 Å². The van der Waals surface area contributed by atoms with Gasteiger partial charge in [0.1, 0.15) is 12.1 Å². The molecule has 0 spiro atoms. The van der Waals surface area contributed by atoms with Crippen LogP contribution in [-0.2, 0) is 17.6 Å².